The molecule has 4 unspecified atom stereocenters. The summed E-state index contributed by atoms with van der Waals surface area (Å²) >= 11 is 0. The SMILES string of the molecule is CCC(N(C(C)N(C(CC)[Si](OC)(OC)OC)C(CC)[Si](OC)(OC)OC)C(CC)[Si](OC)(OC)OC)[Si](OC)(OC)OC. The molecule has 4 atom stereocenters. The highest BCUT2D eigenvalue weighted by atomic mass is 28.4. The number of hydrogen-bond acceptors (Lipinski definition) is 14. The molecular weight excluding hydrogens is 645 g/mol. The lowest BCUT2D eigenvalue weighted by molar-refractivity contribution is -0.0664. The van der Waals surface area contributed by atoms with Gasteiger partial charge in [-0.05, 0) is 32.6 Å². The van der Waals surface area contributed by atoms with E-state index in [1.54, 1.807) is 85.3 Å². The van der Waals surface area contributed by atoms with E-state index in [4.69, 9.17) is 53.1 Å². The molecule has 0 rings (SSSR count). The smallest absolute Gasteiger partial charge is 0.376 e. The van der Waals surface area contributed by atoms with Crippen LogP contribution in [-0.2, 0) is 53.1 Å². The molecule has 0 saturated carbocycles. The van der Waals surface area contributed by atoms with Crippen molar-refractivity contribution in [2.24, 2.45) is 0 Å². The van der Waals surface area contributed by atoms with Crippen LogP contribution in [0.1, 0.15) is 60.3 Å². The van der Waals surface area contributed by atoms with Gasteiger partial charge in [-0.25, -0.2) is 0 Å². The maximum atomic E-state index is 6.14. The van der Waals surface area contributed by atoms with Crippen molar-refractivity contribution in [2.45, 2.75) is 89.1 Å². The van der Waals surface area contributed by atoms with Crippen LogP contribution >= 0.6 is 0 Å². The Balaban J connectivity index is 8.26. The lowest BCUT2D eigenvalue weighted by Crippen LogP contribution is -2.78. The summed E-state index contributed by atoms with van der Waals surface area (Å²) in [4.78, 5) is 4.63. The van der Waals surface area contributed by atoms with E-state index in [9.17, 15) is 0 Å². The molecule has 0 heterocycles. The predicted molar refractivity (Wildman–Crippen MR) is 177 cm³/mol. The van der Waals surface area contributed by atoms with Crippen molar-refractivity contribution >= 4 is 35.2 Å². The summed E-state index contributed by atoms with van der Waals surface area (Å²) in [6.07, 6.45) is 2.06. The summed E-state index contributed by atoms with van der Waals surface area (Å²) in [6.45, 7) is 10.5. The summed E-state index contributed by atoms with van der Waals surface area (Å²) in [5, 5.41) is 0. The second kappa shape index (κ2) is 20.6. The quantitative estimate of drug-likeness (QED) is 0.0969. The lowest BCUT2D eigenvalue weighted by Gasteiger charge is -2.55. The minimum absolute atomic E-state index is 0.361. The van der Waals surface area contributed by atoms with Gasteiger partial charge in [0.05, 0.1) is 28.8 Å². The molecule has 0 aliphatic carbocycles. The fourth-order valence-corrected chi connectivity index (χ4v) is 17.4. The molecule has 44 heavy (non-hydrogen) atoms. The molecule has 0 amide bonds. The van der Waals surface area contributed by atoms with Gasteiger partial charge in [-0.1, -0.05) is 27.7 Å². The highest BCUT2D eigenvalue weighted by Crippen LogP contribution is 2.37. The van der Waals surface area contributed by atoms with E-state index in [-0.39, 0.29) is 22.7 Å². The van der Waals surface area contributed by atoms with Crippen molar-refractivity contribution in [1.29, 1.82) is 0 Å². The second-order valence-electron chi connectivity index (χ2n) is 10.1. The molecule has 0 fully saturated rings. The molecule has 0 N–H and O–H groups in total. The van der Waals surface area contributed by atoms with Gasteiger partial charge in [0.2, 0.25) is 0 Å². The van der Waals surface area contributed by atoms with Crippen LogP contribution < -0.4 is 0 Å². The Labute approximate surface area is 272 Å². The third kappa shape index (κ3) is 8.47. The van der Waals surface area contributed by atoms with E-state index in [0.29, 0.717) is 25.7 Å². The van der Waals surface area contributed by atoms with Crippen LogP contribution in [0, 0.1) is 0 Å². The molecular formula is C26H64N2O12Si4. The summed E-state index contributed by atoms with van der Waals surface area (Å²) in [7, 11) is 6.05. The molecule has 0 aromatic carbocycles. The van der Waals surface area contributed by atoms with Crippen molar-refractivity contribution in [3.05, 3.63) is 0 Å². The molecule has 266 valence electrons. The van der Waals surface area contributed by atoms with Crippen LogP contribution in [0.4, 0.5) is 0 Å². The van der Waals surface area contributed by atoms with E-state index >= 15 is 0 Å². The van der Waals surface area contributed by atoms with Crippen LogP contribution in [0.15, 0.2) is 0 Å². The van der Waals surface area contributed by atoms with Gasteiger partial charge in [0.1, 0.15) is 0 Å². The highest BCUT2D eigenvalue weighted by Gasteiger charge is 2.64. The Morgan fingerprint density at radius 2 is 0.477 bits per heavy atom. The number of nitrogens with zero attached hydrogens (tertiary/aromatic N) is 2. The maximum Gasteiger partial charge on any atom is 0.518 e. The van der Waals surface area contributed by atoms with Crippen molar-refractivity contribution in [2.75, 3.05) is 85.3 Å². The zero-order chi connectivity index (χ0) is 34.4. The third-order valence-corrected chi connectivity index (χ3v) is 21.8. The summed E-state index contributed by atoms with van der Waals surface area (Å²) in [6, 6.07) is 0. The van der Waals surface area contributed by atoms with Crippen molar-refractivity contribution < 1.29 is 53.1 Å². The Kier molecular flexibility index (Phi) is 20.8. The molecule has 0 aliphatic rings. The van der Waals surface area contributed by atoms with Gasteiger partial charge in [-0.3, -0.25) is 9.80 Å². The molecule has 0 spiro atoms. The lowest BCUT2D eigenvalue weighted by atomic mass is 10.2. The van der Waals surface area contributed by atoms with Crippen molar-refractivity contribution in [3.8, 4) is 0 Å². The molecule has 0 aliphatic heterocycles. The fraction of sp³-hybridized carbons (Fsp3) is 1.00. The maximum absolute atomic E-state index is 6.14. The molecule has 0 aromatic heterocycles. The average Bonchev–Trinajstić information content (AvgIpc) is 3.08. The Morgan fingerprint density at radius 3 is 0.568 bits per heavy atom. The first-order chi connectivity index (χ1) is 20.9. The van der Waals surface area contributed by atoms with E-state index in [0.717, 1.165) is 0 Å². The monoisotopic (exact) mass is 708 g/mol. The Hall–Kier alpha value is 0.308. The van der Waals surface area contributed by atoms with E-state index in [2.05, 4.69) is 44.4 Å². The molecule has 0 bridgehead atoms. The summed E-state index contributed by atoms with van der Waals surface area (Å²) < 4.78 is 73.7. The van der Waals surface area contributed by atoms with Crippen LogP contribution in [0.3, 0.4) is 0 Å². The van der Waals surface area contributed by atoms with Crippen LogP contribution in [0.25, 0.3) is 0 Å². The Morgan fingerprint density at radius 1 is 0.341 bits per heavy atom. The minimum Gasteiger partial charge on any atom is -0.376 e. The van der Waals surface area contributed by atoms with Gasteiger partial charge < -0.3 is 53.1 Å². The topological polar surface area (TPSA) is 117 Å². The predicted octanol–water partition coefficient (Wildman–Crippen LogP) is 2.72. The number of hydrogen-bond donors (Lipinski definition) is 0. The van der Waals surface area contributed by atoms with Gasteiger partial charge in [-0.2, -0.15) is 0 Å². The third-order valence-electron chi connectivity index (χ3n) is 8.90. The van der Waals surface area contributed by atoms with Crippen LogP contribution in [-0.4, -0.2) is 159 Å². The van der Waals surface area contributed by atoms with Gasteiger partial charge in [0.15, 0.2) is 0 Å². The molecule has 0 aromatic rings. The van der Waals surface area contributed by atoms with Crippen LogP contribution in [0.5, 0.6) is 0 Å². The molecule has 14 nitrogen and oxygen atoms in total. The summed E-state index contributed by atoms with van der Waals surface area (Å²) in [5.74, 6) is 0. The second-order valence-corrected chi connectivity index (χ2v) is 22.5. The molecule has 0 saturated heterocycles. The first-order valence-electron chi connectivity index (χ1n) is 15.1. The van der Waals surface area contributed by atoms with Crippen molar-refractivity contribution in [3.63, 3.8) is 0 Å². The number of rotatable bonds is 26. The largest absolute Gasteiger partial charge is 0.518 e. The zero-order valence-electron chi connectivity index (χ0n) is 30.5. The van der Waals surface area contributed by atoms with Crippen molar-refractivity contribution in [1.82, 2.24) is 9.80 Å². The normalized spacial score (nSPS) is 17.2. The highest BCUT2D eigenvalue weighted by molar-refractivity contribution is 6.65. The fourth-order valence-electron chi connectivity index (χ4n) is 6.84. The first kappa shape index (κ1) is 44.3. The Bertz CT molecular complexity index is 615. The molecule has 0 radical (unpaired) electrons. The first-order valence-corrected chi connectivity index (χ1v) is 22.3. The molecule has 18 heteroatoms. The van der Waals surface area contributed by atoms with Gasteiger partial charge >= 0.3 is 35.2 Å². The van der Waals surface area contributed by atoms with Gasteiger partial charge in [0.25, 0.3) is 0 Å². The van der Waals surface area contributed by atoms with Crippen LogP contribution in [0.2, 0.25) is 0 Å². The standard InChI is InChI=1S/C26H64N2O12Si4/c1-18-23(41(29-6,30-7)31-8)27(24(19-2)42(32-9,33-10)34-11)22(5)28(25(20-3)43(35-12,36-13)37-14)26(21-4)44(38-15,39-16)40-17/h22-26H,18-21H2,1-17H3. The van der Waals surface area contributed by atoms with E-state index in [1.807, 2.05) is 0 Å². The van der Waals surface area contributed by atoms with Gasteiger partial charge in [-0.15, -0.1) is 0 Å². The van der Waals surface area contributed by atoms with Gasteiger partial charge in [0, 0.05) is 85.3 Å². The van der Waals surface area contributed by atoms with E-state index in [1.165, 1.54) is 0 Å². The zero-order valence-corrected chi connectivity index (χ0v) is 34.5. The average molecular weight is 709 g/mol. The minimum atomic E-state index is -3.36. The summed E-state index contributed by atoms with van der Waals surface area (Å²) in [5.41, 5.74) is -1.45. The van der Waals surface area contributed by atoms with E-state index < -0.39 is 41.4 Å².